The molecular weight excluding hydrogens is 208 g/mol. The molecule has 0 saturated carbocycles. The highest BCUT2D eigenvalue weighted by Crippen LogP contribution is 2.18. The third-order valence-corrected chi connectivity index (χ3v) is 3.51. The summed E-state index contributed by atoms with van der Waals surface area (Å²) in [5, 5.41) is 2.52. The summed E-state index contributed by atoms with van der Waals surface area (Å²) in [6.45, 7) is 0. The van der Waals surface area contributed by atoms with Crippen molar-refractivity contribution in [3.63, 3.8) is 0 Å². The summed E-state index contributed by atoms with van der Waals surface area (Å²) in [5.74, 6) is 0. The molecule has 0 aliphatic rings. The predicted molar refractivity (Wildman–Crippen MR) is 69.2 cm³/mol. The van der Waals surface area contributed by atoms with Gasteiger partial charge in [-0.15, -0.1) is 11.8 Å². The zero-order chi connectivity index (χ0) is 9.97. The van der Waals surface area contributed by atoms with E-state index < -0.39 is 0 Å². The van der Waals surface area contributed by atoms with Gasteiger partial charge in [0.05, 0.1) is 4.20 Å². The first kappa shape index (κ1) is 9.69. The number of hydrogen-bond donors (Lipinski definition) is 0. The molecule has 0 saturated heterocycles. The highest BCUT2D eigenvalue weighted by molar-refractivity contribution is 8.23. The van der Waals surface area contributed by atoms with Gasteiger partial charge in [-0.05, 0) is 28.7 Å². The second kappa shape index (κ2) is 4.11. The first-order valence-corrected chi connectivity index (χ1v) is 6.01. The van der Waals surface area contributed by atoms with Crippen molar-refractivity contribution in [1.82, 2.24) is 0 Å². The average Bonchev–Trinajstić information content (AvgIpc) is 2.27. The van der Waals surface area contributed by atoms with E-state index in [1.807, 2.05) is 12.3 Å². The molecule has 2 aromatic carbocycles. The van der Waals surface area contributed by atoms with Gasteiger partial charge in [-0.1, -0.05) is 48.6 Å². The van der Waals surface area contributed by atoms with Gasteiger partial charge in [-0.25, -0.2) is 0 Å². The molecule has 0 radical (unpaired) electrons. The molecule has 0 unspecified atom stereocenters. The van der Waals surface area contributed by atoms with Crippen LogP contribution in [0, 0.1) is 0 Å². The number of rotatable bonds is 1. The number of thiocarbonyl (C=S) groups is 1. The standard InChI is InChI=1S/C12H10S2/c1-14-12(13)11-7-6-9-4-2-3-5-10(9)8-11/h2-8H,1H3. The maximum atomic E-state index is 5.25. The zero-order valence-electron chi connectivity index (χ0n) is 7.86. The van der Waals surface area contributed by atoms with Gasteiger partial charge < -0.3 is 0 Å². The van der Waals surface area contributed by atoms with Crippen molar-refractivity contribution >= 4 is 38.9 Å². The number of fused-ring (bicyclic) bond motifs is 1. The second-order valence-electron chi connectivity index (χ2n) is 3.05. The highest BCUT2D eigenvalue weighted by atomic mass is 32.2. The van der Waals surface area contributed by atoms with Crippen molar-refractivity contribution in [2.45, 2.75) is 0 Å². The van der Waals surface area contributed by atoms with Gasteiger partial charge in [0.15, 0.2) is 0 Å². The summed E-state index contributed by atoms with van der Waals surface area (Å²) in [4.78, 5) is 0. The lowest BCUT2D eigenvalue weighted by molar-refractivity contribution is 1.73. The van der Waals surface area contributed by atoms with E-state index in [1.165, 1.54) is 10.8 Å². The van der Waals surface area contributed by atoms with Gasteiger partial charge in [0.2, 0.25) is 0 Å². The fraction of sp³-hybridized carbons (Fsp3) is 0.0833. The van der Waals surface area contributed by atoms with Crippen LogP contribution in [0.5, 0.6) is 0 Å². The molecule has 0 aliphatic carbocycles. The minimum absolute atomic E-state index is 0.954. The lowest BCUT2D eigenvalue weighted by atomic mass is 10.1. The van der Waals surface area contributed by atoms with Crippen LogP contribution in [0.1, 0.15) is 5.56 Å². The van der Waals surface area contributed by atoms with Crippen molar-refractivity contribution in [2.75, 3.05) is 6.26 Å². The van der Waals surface area contributed by atoms with E-state index >= 15 is 0 Å². The Kier molecular flexibility index (Phi) is 2.85. The fourth-order valence-electron chi connectivity index (χ4n) is 1.43. The first-order valence-electron chi connectivity index (χ1n) is 4.38. The molecule has 0 heterocycles. The molecule has 0 bridgehead atoms. The van der Waals surface area contributed by atoms with Crippen LogP contribution < -0.4 is 0 Å². The van der Waals surface area contributed by atoms with E-state index in [4.69, 9.17) is 12.2 Å². The maximum absolute atomic E-state index is 5.25. The van der Waals surface area contributed by atoms with Crippen LogP contribution in [0.2, 0.25) is 0 Å². The van der Waals surface area contributed by atoms with Crippen molar-refractivity contribution < 1.29 is 0 Å². The van der Waals surface area contributed by atoms with Crippen LogP contribution in [-0.2, 0) is 0 Å². The van der Waals surface area contributed by atoms with Gasteiger partial charge in [0.25, 0.3) is 0 Å². The van der Waals surface area contributed by atoms with Crippen LogP contribution in [0.25, 0.3) is 10.8 Å². The molecule has 2 aromatic rings. The molecular formula is C12H10S2. The quantitative estimate of drug-likeness (QED) is 0.666. The second-order valence-corrected chi connectivity index (χ2v) is 4.54. The van der Waals surface area contributed by atoms with Gasteiger partial charge >= 0.3 is 0 Å². The maximum Gasteiger partial charge on any atom is 0.0775 e. The van der Waals surface area contributed by atoms with Gasteiger partial charge in [-0.3, -0.25) is 0 Å². The monoisotopic (exact) mass is 218 g/mol. The Morgan fingerprint density at radius 1 is 1.07 bits per heavy atom. The molecule has 0 spiro atoms. The van der Waals surface area contributed by atoms with E-state index in [9.17, 15) is 0 Å². The molecule has 2 rings (SSSR count). The van der Waals surface area contributed by atoms with E-state index in [0.717, 1.165) is 9.76 Å². The first-order chi connectivity index (χ1) is 6.81. The fourth-order valence-corrected chi connectivity index (χ4v) is 1.92. The molecule has 2 heteroatoms. The molecule has 70 valence electrons. The van der Waals surface area contributed by atoms with Crippen molar-refractivity contribution in [3.8, 4) is 0 Å². The largest absolute Gasteiger partial charge is 0.117 e. The van der Waals surface area contributed by atoms with Crippen LogP contribution in [-0.4, -0.2) is 10.5 Å². The Labute approximate surface area is 93.3 Å². The topological polar surface area (TPSA) is 0 Å². The number of benzene rings is 2. The predicted octanol–water partition coefficient (Wildman–Crippen LogP) is 3.88. The van der Waals surface area contributed by atoms with E-state index in [1.54, 1.807) is 11.8 Å². The van der Waals surface area contributed by atoms with Crippen LogP contribution in [0.15, 0.2) is 42.5 Å². The van der Waals surface area contributed by atoms with Crippen molar-refractivity contribution in [3.05, 3.63) is 48.0 Å². The minimum atomic E-state index is 0.954. The van der Waals surface area contributed by atoms with E-state index in [-0.39, 0.29) is 0 Å². The lowest BCUT2D eigenvalue weighted by Crippen LogP contribution is -1.89. The van der Waals surface area contributed by atoms with Gasteiger partial charge in [0.1, 0.15) is 0 Å². The molecule has 0 amide bonds. The summed E-state index contributed by atoms with van der Waals surface area (Å²) in [6, 6.07) is 14.7. The van der Waals surface area contributed by atoms with Crippen LogP contribution >= 0.6 is 24.0 Å². The summed E-state index contributed by atoms with van der Waals surface area (Å²) in [6.07, 6.45) is 2.01. The zero-order valence-corrected chi connectivity index (χ0v) is 9.49. The van der Waals surface area contributed by atoms with Gasteiger partial charge in [0, 0.05) is 0 Å². The molecule has 0 aliphatic heterocycles. The van der Waals surface area contributed by atoms with Crippen LogP contribution in [0.3, 0.4) is 0 Å². The molecule has 0 nitrogen and oxygen atoms in total. The van der Waals surface area contributed by atoms with Crippen molar-refractivity contribution in [2.24, 2.45) is 0 Å². The SMILES string of the molecule is CSC(=S)c1ccc2ccccc2c1. The molecule has 0 aromatic heterocycles. The minimum Gasteiger partial charge on any atom is -0.117 e. The number of thioether (sulfide) groups is 1. The van der Waals surface area contributed by atoms with Gasteiger partial charge in [-0.2, -0.15) is 0 Å². The third kappa shape index (κ3) is 1.81. The van der Waals surface area contributed by atoms with Crippen LogP contribution in [0.4, 0.5) is 0 Å². The summed E-state index contributed by atoms with van der Waals surface area (Å²) < 4.78 is 0.954. The Bertz CT molecular complexity index is 474. The lowest BCUT2D eigenvalue weighted by Gasteiger charge is -2.02. The Hall–Kier alpha value is -0.860. The average molecular weight is 218 g/mol. The molecule has 0 N–H and O–H groups in total. The molecule has 0 fully saturated rings. The van der Waals surface area contributed by atoms with E-state index in [0.29, 0.717) is 0 Å². The van der Waals surface area contributed by atoms with E-state index in [2.05, 4.69) is 36.4 Å². The summed E-state index contributed by atoms with van der Waals surface area (Å²) in [7, 11) is 0. The third-order valence-electron chi connectivity index (χ3n) is 2.17. The number of hydrogen-bond acceptors (Lipinski definition) is 2. The Morgan fingerprint density at radius 3 is 2.50 bits per heavy atom. The molecule has 14 heavy (non-hydrogen) atoms. The smallest absolute Gasteiger partial charge is 0.0775 e. The summed E-state index contributed by atoms with van der Waals surface area (Å²) in [5.41, 5.74) is 1.14. The normalized spacial score (nSPS) is 10.4. The summed E-state index contributed by atoms with van der Waals surface area (Å²) >= 11 is 6.87. The molecule has 0 atom stereocenters. The Balaban J connectivity index is 2.56. The van der Waals surface area contributed by atoms with Crippen molar-refractivity contribution in [1.29, 1.82) is 0 Å². The Morgan fingerprint density at radius 2 is 1.79 bits per heavy atom. The highest BCUT2D eigenvalue weighted by Gasteiger charge is 1.99.